The van der Waals surface area contributed by atoms with Gasteiger partial charge in [-0.1, -0.05) is 173 Å². The minimum absolute atomic E-state index is 0.0602. The number of hydrogen-bond acceptors (Lipinski definition) is 23. The van der Waals surface area contributed by atoms with Crippen molar-refractivity contribution < 1.29 is 0 Å². The van der Waals surface area contributed by atoms with E-state index in [9.17, 15) is 0 Å². The molecule has 0 atom stereocenters. The molecule has 5 N–H and O–H groups in total. The van der Waals surface area contributed by atoms with Crippen LogP contribution in [-0.2, 0) is 11.1 Å². The summed E-state index contributed by atoms with van der Waals surface area (Å²) in [5, 5.41) is 20.7. The van der Waals surface area contributed by atoms with Crippen LogP contribution in [0, 0.1) is 0 Å². The molecule has 8 heterocycles. The lowest BCUT2D eigenvalue weighted by atomic mass is 9.76. The maximum absolute atomic E-state index is 6.34. The minimum Gasteiger partial charge on any atom is -0.341 e. The number of aromatic nitrogens is 9. The molecule has 5 saturated heterocycles. The molecule has 5 aliphatic heterocycles. The van der Waals surface area contributed by atoms with Crippen molar-refractivity contribution in [2.75, 3.05) is 119 Å². The molecular weight excluding hydrogens is 1670 g/mol. The number of unbranched alkanes of at least 4 members (excludes halogenated alkanes) is 15. The fourth-order valence-electron chi connectivity index (χ4n) is 26.1. The summed E-state index contributed by atoms with van der Waals surface area (Å²) in [6.07, 6.45) is 42.5. The summed E-state index contributed by atoms with van der Waals surface area (Å²) in [5.41, 5.74) is -1.83. The van der Waals surface area contributed by atoms with E-state index < -0.39 is 11.1 Å². The van der Waals surface area contributed by atoms with Crippen LogP contribution in [0.2, 0.25) is 0 Å². The Hall–Kier alpha value is -4.65. The Morgan fingerprint density at radius 1 is 0.200 bits per heavy atom. The number of piperidine rings is 5. The summed E-state index contributed by atoms with van der Waals surface area (Å²) in [5.74, 6) is 8.07. The molecule has 0 amide bonds. The van der Waals surface area contributed by atoms with E-state index in [-0.39, 0.29) is 79.6 Å². The number of rotatable bonds is 61. The van der Waals surface area contributed by atoms with Crippen molar-refractivity contribution in [3.05, 3.63) is 11.6 Å². The lowest BCUT2D eigenvalue weighted by Crippen LogP contribution is -2.65. The topological polar surface area (TPSA) is 205 Å². The first-order valence-corrected chi connectivity index (χ1v) is 56.7. The zero-order valence-electron chi connectivity index (χ0n) is 94.4. The standard InChI is InChI=1S/C112H215N23/c1-34-47-64-127(65-48-35-2)94-113-92(114-95(117-94)128(66-49-36-3)67-50-37-4)111(43-10,44-11)134(90-83-107(26,27)125-108(28,29)84-90)75-62-58-56-60-73-132(88-79-103(18,19)123-104(20,21)80-88)99-116-93(115-98(121-99)131(72-55-42-9)87-77-101(14,15)122-102(16,17)78-87)112(45-12,46-13)135(91-85-109(30,31)126-110(32,33)86-91)76-63-59-57-61-74-133(89-81-105(22,23)124-106(24,25)82-89)100-119-96(129(68-51-38-5)69-52-39-6)118-97(120-100)130(70-53-40-7)71-54-41-8/h87-91,122-126H,34-86H2,1-33H3. The molecule has 0 saturated carbocycles. The largest absolute Gasteiger partial charge is 0.341 e. The van der Waals surface area contributed by atoms with Gasteiger partial charge < -0.3 is 60.9 Å². The molecule has 0 bridgehead atoms. The molecule has 5 fully saturated rings. The summed E-state index contributed by atoms with van der Waals surface area (Å²) >= 11 is 0. The van der Waals surface area contributed by atoms with Crippen LogP contribution in [0.4, 0.5) is 41.6 Å². The molecule has 3 aromatic heterocycles. The molecule has 0 aromatic carbocycles. The van der Waals surface area contributed by atoms with E-state index >= 15 is 0 Å². The highest BCUT2D eigenvalue weighted by Gasteiger charge is 2.53. The molecule has 3 aromatic rings. The Bertz CT molecular complexity index is 3710. The predicted molar refractivity (Wildman–Crippen MR) is 581 cm³/mol. The van der Waals surface area contributed by atoms with Crippen LogP contribution >= 0.6 is 0 Å². The monoisotopic (exact) mass is 1880 g/mol. The van der Waals surface area contributed by atoms with Gasteiger partial charge in [-0.2, -0.15) is 44.9 Å². The Balaban J connectivity index is 1.24. The summed E-state index contributed by atoms with van der Waals surface area (Å²) in [6, 6.07) is 1.24. The SMILES string of the molecule is CCCCN(CCCC)c1nc(N(CCCC)CCCC)nc(N(CCCCCCN(C2CC(C)(C)NC(C)(C)C2)C(CC)(CC)c2nc(N(CCCC)C3CC(C)(C)NC(C)(C)C3)nc(N(CCCCCCN(C3CC(C)(C)NC(C)(C)C3)C(CC)(CC)c3nc(N(CCCC)CCCC)nc(N(CCCC)CCCC)n3)C3CC(C)(C)NC(C)(C)C3)n2)C2CC(C)(C)NC(C)(C)C2)n1. The van der Waals surface area contributed by atoms with Gasteiger partial charge in [0.05, 0.1) is 11.1 Å². The quantitative estimate of drug-likeness (QED) is 0.0333. The molecule has 135 heavy (non-hydrogen) atoms. The number of nitrogens with zero attached hydrogens (tertiary/aromatic N) is 18. The van der Waals surface area contributed by atoms with Crippen molar-refractivity contribution in [1.82, 2.24) is 81.2 Å². The molecular formula is C112H215N23. The molecule has 8 rings (SSSR count). The van der Waals surface area contributed by atoms with Gasteiger partial charge in [0.15, 0.2) is 11.6 Å². The second-order valence-electron chi connectivity index (χ2n) is 49.9. The highest BCUT2D eigenvalue weighted by atomic mass is 15.4. The lowest BCUT2D eigenvalue weighted by Gasteiger charge is -2.54. The average Bonchev–Trinajstić information content (AvgIpc) is 0.750. The predicted octanol–water partition coefficient (Wildman–Crippen LogP) is 24.8. The van der Waals surface area contributed by atoms with Crippen molar-refractivity contribution in [3.63, 3.8) is 0 Å². The van der Waals surface area contributed by atoms with Crippen LogP contribution in [0.3, 0.4) is 0 Å². The van der Waals surface area contributed by atoms with Crippen molar-refractivity contribution in [2.45, 2.75) is 582 Å². The third kappa shape index (κ3) is 33.7. The molecule has 0 aliphatic carbocycles. The third-order valence-electron chi connectivity index (χ3n) is 31.1. The zero-order valence-corrected chi connectivity index (χ0v) is 94.4. The van der Waals surface area contributed by atoms with Crippen molar-refractivity contribution >= 4 is 41.6 Å². The fourth-order valence-corrected chi connectivity index (χ4v) is 26.1. The Morgan fingerprint density at radius 3 is 0.578 bits per heavy atom. The zero-order chi connectivity index (χ0) is 99.7. The van der Waals surface area contributed by atoms with Gasteiger partial charge in [-0.25, -0.2) is 0 Å². The van der Waals surface area contributed by atoms with E-state index in [0.717, 1.165) is 395 Å². The number of anilines is 7. The van der Waals surface area contributed by atoms with Gasteiger partial charge in [0.1, 0.15) is 0 Å². The van der Waals surface area contributed by atoms with Gasteiger partial charge in [0, 0.05) is 158 Å². The summed E-state index contributed by atoms with van der Waals surface area (Å²) in [6.45, 7) is 91.8. The van der Waals surface area contributed by atoms with Crippen LogP contribution in [0.1, 0.15) is 497 Å². The Morgan fingerprint density at radius 2 is 0.363 bits per heavy atom. The third-order valence-corrected chi connectivity index (χ3v) is 31.1. The molecule has 23 nitrogen and oxygen atoms in total. The van der Waals surface area contributed by atoms with Gasteiger partial charge in [-0.05, 0) is 325 Å². The first kappa shape index (κ1) is 116. The first-order chi connectivity index (χ1) is 63.6. The maximum Gasteiger partial charge on any atom is 0.232 e. The smallest absolute Gasteiger partial charge is 0.232 e. The van der Waals surface area contributed by atoms with E-state index in [1.165, 1.54) is 0 Å². The summed E-state index contributed by atoms with van der Waals surface area (Å²) in [4.78, 5) is 77.3. The second kappa shape index (κ2) is 51.5. The van der Waals surface area contributed by atoms with Gasteiger partial charge in [-0.15, -0.1) is 0 Å². The number of hydrogen-bond donors (Lipinski definition) is 5. The fraction of sp³-hybridized carbons (Fsp3) is 0.920. The summed E-state index contributed by atoms with van der Waals surface area (Å²) in [7, 11) is 0. The first-order valence-electron chi connectivity index (χ1n) is 56.7. The maximum atomic E-state index is 6.34. The average molecular weight is 1880 g/mol. The molecule has 0 spiro atoms. The number of nitrogens with one attached hydrogen (secondary N) is 5. The summed E-state index contributed by atoms with van der Waals surface area (Å²) < 4.78 is 0. The second-order valence-corrected chi connectivity index (χ2v) is 49.9. The molecule has 778 valence electrons. The van der Waals surface area contributed by atoms with E-state index in [1.807, 2.05) is 0 Å². The van der Waals surface area contributed by atoms with Crippen LogP contribution in [0.25, 0.3) is 0 Å². The van der Waals surface area contributed by atoms with E-state index in [0.29, 0.717) is 6.04 Å². The van der Waals surface area contributed by atoms with Gasteiger partial charge in [0.25, 0.3) is 0 Å². The molecule has 0 radical (unpaired) electrons. The van der Waals surface area contributed by atoms with Crippen molar-refractivity contribution in [3.8, 4) is 0 Å². The normalized spacial score (nSPS) is 20.1. The minimum atomic E-state index is -0.514. The van der Waals surface area contributed by atoms with Crippen molar-refractivity contribution in [1.29, 1.82) is 0 Å². The van der Waals surface area contributed by atoms with Crippen LogP contribution in [-0.4, -0.2) is 225 Å². The van der Waals surface area contributed by atoms with Crippen LogP contribution in [0.15, 0.2) is 0 Å². The van der Waals surface area contributed by atoms with Crippen molar-refractivity contribution in [2.24, 2.45) is 0 Å². The van der Waals surface area contributed by atoms with Gasteiger partial charge in [0.2, 0.25) is 41.6 Å². The van der Waals surface area contributed by atoms with E-state index in [2.05, 4.69) is 299 Å². The highest BCUT2D eigenvalue weighted by molar-refractivity contribution is 5.49. The van der Waals surface area contributed by atoms with Gasteiger partial charge in [-0.3, -0.25) is 9.80 Å². The molecule has 23 heteroatoms. The lowest BCUT2D eigenvalue weighted by molar-refractivity contribution is -0.0249. The van der Waals surface area contributed by atoms with E-state index in [4.69, 9.17) is 44.9 Å². The molecule has 5 aliphatic rings. The Kier molecular flexibility index (Phi) is 44.1. The van der Waals surface area contributed by atoms with Gasteiger partial charge >= 0.3 is 0 Å². The highest BCUT2D eigenvalue weighted by Crippen LogP contribution is 2.48. The van der Waals surface area contributed by atoms with E-state index in [1.54, 1.807) is 0 Å². The Labute approximate surface area is 831 Å². The van der Waals surface area contributed by atoms with Crippen LogP contribution in [0.5, 0.6) is 0 Å². The molecule has 0 unspecified atom stereocenters. The van der Waals surface area contributed by atoms with Crippen LogP contribution < -0.4 is 60.9 Å².